The van der Waals surface area contributed by atoms with Crippen LogP contribution in [0.3, 0.4) is 0 Å². The highest BCUT2D eigenvalue weighted by atomic mass is 19.3. The van der Waals surface area contributed by atoms with Gasteiger partial charge in [0.05, 0.1) is 16.6 Å². The first-order valence-electron chi connectivity index (χ1n) is 11.9. The van der Waals surface area contributed by atoms with E-state index < -0.39 is 12.2 Å². The van der Waals surface area contributed by atoms with E-state index >= 15 is 0 Å². The number of hydrogen-bond acceptors (Lipinski definition) is 4. The van der Waals surface area contributed by atoms with E-state index in [1.807, 2.05) is 30.3 Å². The van der Waals surface area contributed by atoms with E-state index in [-0.39, 0.29) is 23.5 Å². The topological polar surface area (TPSA) is 64.3 Å². The molecule has 1 unspecified atom stereocenters. The number of benzene rings is 2. The average Bonchev–Trinajstić information content (AvgIpc) is 3.13. The number of imidazole rings is 1. The van der Waals surface area contributed by atoms with Crippen LogP contribution in [-0.4, -0.2) is 27.1 Å². The van der Waals surface area contributed by atoms with Gasteiger partial charge in [-0.25, -0.2) is 4.98 Å². The predicted molar refractivity (Wildman–Crippen MR) is 127 cm³/mol. The van der Waals surface area contributed by atoms with Gasteiger partial charge in [0, 0.05) is 30.4 Å². The van der Waals surface area contributed by atoms with Gasteiger partial charge in [-0.15, -0.1) is 0 Å². The van der Waals surface area contributed by atoms with E-state index in [1.54, 1.807) is 26.0 Å². The first-order chi connectivity index (χ1) is 16.1. The van der Waals surface area contributed by atoms with Gasteiger partial charge in [0.2, 0.25) is 0 Å². The smallest absolute Gasteiger partial charge is 0.387 e. The zero-order chi connectivity index (χ0) is 24.5. The van der Waals surface area contributed by atoms with E-state index in [2.05, 4.69) is 11.5 Å². The molecule has 1 fully saturated rings. The minimum atomic E-state index is -2.88. The van der Waals surface area contributed by atoms with Crippen molar-refractivity contribution < 1.29 is 23.4 Å². The summed E-state index contributed by atoms with van der Waals surface area (Å²) in [4.78, 5) is 17.5. The third-order valence-corrected chi connectivity index (χ3v) is 7.07. The van der Waals surface area contributed by atoms with E-state index in [9.17, 15) is 18.7 Å². The van der Waals surface area contributed by atoms with Crippen LogP contribution in [-0.2, 0) is 22.4 Å². The molecule has 34 heavy (non-hydrogen) atoms. The van der Waals surface area contributed by atoms with Crippen molar-refractivity contribution in [3.63, 3.8) is 0 Å². The number of ketones is 1. The number of rotatable bonds is 10. The van der Waals surface area contributed by atoms with E-state index in [0.29, 0.717) is 24.8 Å². The Morgan fingerprint density at radius 1 is 1.24 bits per heavy atom. The van der Waals surface area contributed by atoms with Crippen molar-refractivity contribution in [2.45, 2.75) is 83.5 Å². The SMILES string of the molecule is Cc1c(OC(F)F)ccc2nc(CCCC(=O)CC(C)(O)c3ccccc3)n(C3(C)CCC3)c12. The first kappa shape index (κ1) is 24.3. The number of alkyl halides is 2. The molecule has 1 aliphatic rings. The lowest BCUT2D eigenvalue weighted by molar-refractivity contribution is -0.123. The Balaban J connectivity index is 1.52. The van der Waals surface area contributed by atoms with E-state index in [4.69, 9.17) is 9.72 Å². The third kappa shape index (κ3) is 4.85. The monoisotopic (exact) mass is 470 g/mol. The summed E-state index contributed by atoms with van der Waals surface area (Å²) >= 11 is 0. The van der Waals surface area contributed by atoms with Crippen LogP contribution >= 0.6 is 0 Å². The van der Waals surface area contributed by atoms with Crippen molar-refractivity contribution >= 4 is 16.8 Å². The Morgan fingerprint density at radius 2 is 1.94 bits per heavy atom. The number of aliphatic hydroxyl groups is 1. The number of aromatic nitrogens is 2. The molecule has 2 aromatic carbocycles. The second-order valence-corrected chi connectivity index (χ2v) is 9.86. The second kappa shape index (κ2) is 9.45. The Hall–Kier alpha value is -2.80. The molecule has 1 aromatic heterocycles. The first-order valence-corrected chi connectivity index (χ1v) is 11.9. The maximum atomic E-state index is 12.9. The molecule has 0 aliphatic heterocycles. The lowest BCUT2D eigenvalue weighted by Gasteiger charge is -2.41. The number of carbonyl (C=O) groups excluding carboxylic acids is 1. The van der Waals surface area contributed by atoms with Crippen LogP contribution in [0.2, 0.25) is 0 Å². The molecule has 1 heterocycles. The predicted octanol–water partition coefficient (Wildman–Crippen LogP) is 6.03. The molecule has 0 bridgehead atoms. The number of fused-ring (bicyclic) bond motifs is 1. The quantitative estimate of drug-likeness (QED) is 0.393. The molecule has 4 rings (SSSR count). The van der Waals surface area contributed by atoms with Crippen LogP contribution in [0, 0.1) is 6.92 Å². The molecule has 0 saturated heterocycles. The van der Waals surface area contributed by atoms with Crippen molar-refractivity contribution in [2.24, 2.45) is 0 Å². The fraction of sp³-hybridized carbons (Fsp3) is 0.481. The summed E-state index contributed by atoms with van der Waals surface area (Å²) in [5, 5.41) is 10.8. The summed E-state index contributed by atoms with van der Waals surface area (Å²) in [5.41, 5.74) is 1.62. The van der Waals surface area contributed by atoms with Crippen molar-refractivity contribution in [1.29, 1.82) is 0 Å². The number of carbonyl (C=O) groups is 1. The Kier molecular flexibility index (Phi) is 6.76. The van der Waals surface area contributed by atoms with Gasteiger partial charge in [-0.05, 0) is 64.2 Å². The summed E-state index contributed by atoms with van der Waals surface area (Å²) in [6, 6.07) is 12.5. The number of ether oxygens (including phenoxy) is 1. The fourth-order valence-electron chi connectivity index (χ4n) is 5.06. The Morgan fingerprint density at radius 3 is 2.56 bits per heavy atom. The number of Topliss-reactive ketones (excluding diaryl/α,β-unsaturated/α-hetero) is 1. The fourth-order valence-corrected chi connectivity index (χ4v) is 5.06. The zero-order valence-corrected chi connectivity index (χ0v) is 20.0. The van der Waals surface area contributed by atoms with Gasteiger partial charge in [-0.3, -0.25) is 4.79 Å². The number of halogens is 2. The highest BCUT2D eigenvalue weighted by Crippen LogP contribution is 2.43. The molecular weight excluding hydrogens is 438 g/mol. The molecule has 1 N–H and O–H groups in total. The normalized spacial score (nSPS) is 16.9. The molecular formula is C27H32F2N2O3. The molecule has 3 aromatic rings. The van der Waals surface area contributed by atoms with Gasteiger partial charge in [0.25, 0.3) is 0 Å². The highest BCUT2D eigenvalue weighted by Gasteiger charge is 2.37. The van der Waals surface area contributed by atoms with Crippen LogP contribution < -0.4 is 4.74 Å². The van der Waals surface area contributed by atoms with Gasteiger partial charge in [-0.1, -0.05) is 30.3 Å². The van der Waals surface area contributed by atoms with Gasteiger partial charge in [0.15, 0.2) is 0 Å². The van der Waals surface area contributed by atoms with Crippen LogP contribution in [0.1, 0.15) is 69.3 Å². The van der Waals surface area contributed by atoms with Crippen LogP contribution in [0.4, 0.5) is 8.78 Å². The standard InChI is InChI=1S/C27H32F2N2O3/c1-18-22(34-25(28)29)14-13-21-24(18)31(26(2)15-8-16-26)23(30-21)12-7-11-20(32)17-27(3,33)19-9-5-4-6-10-19/h4-6,9-10,13-14,25,33H,7-8,11-12,15-17H2,1-3H3. The van der Waals surface area contributed by atoms with E-state index in [0.717, 1.165) is 41.7 Å². The van der Waals surface area contributed by atoms with Crippen LogP contribution in [0.5, 0.6) is 5.75 Å². The van der Waals surface area contributed by atoms with Crippen molar-refractivity contribution in [2.75, 3.05) is 0 Å². The minimum absolute atomic E-state index is 0.00447. The van der Waals surface area contributed by atoms with E-state index in [1.165, 1.54) is 0 Å². The number of aryl methyl sites for hydroxylation is 2. The molecule has 1 saturated carbocycles. The summed E-state index contributed by atoms with van der Waals surface area (Å²) < 4.78 is 32.7. The Bertz CT molecular complexity index is 1170. The van der Waals surface area contributed by atoms with Gasteiger partial charge in [0.1, 0.15) is 17.4 Å². The average molecular weight is 471 g/mol. The number of hydrogen-bond donors (Lipinski definition) is 1. The second-order valence-electron chi connectivity index (χ2n) is 9.86. The molecule has 1 atom stereocenters. The van der Waals surface area contributed by atoms with Crippen LogP contribution in [0.15, 0.2) is 42.5 Å². The molecule has 7 heteroatoms. The molecule has 0 spiro atoms. The minimum Gasteiger partial charge on any atom is -0.434 e. The largest absolute Gasteiger partial charge is 0.434 e. The lowest BCUT2D eigenvalue weighted by Crippen LogP contribution is -2.38. The molecule has 0 radical (unpaired) electrons. The summed E-state index contributed by atoms with van der Waals surface area (Å²) in [5.74, 6) is 1.02. The summed E-state index contributed by atoms with van der Waals surface area (Å²) in [7, 11) is 0. The Labute approximate surface area is 198 Å². The van der Waals surface area contributed by atoms with Crippen molar-refractivity contribution in [3.05, 3.63) is 59.4 Å². The maximum Gasteiger partial charge on any atom is 0.387 e. The van der Waals surface area contributed by atoms with Crippen LogP contribution in [0.25, 0.3) is 11.0 Å². The highest BCUT2D eigenvalue weighted by molar-refractivity contribution is 5.83. The molecule has 5 nitrogen and oxygen atoms in total. The number of nitrogens with zero attached hydrogens (tertiary/aromatic N) is 2. The summed E-state index contributed by atoms with van der Waals surface area (Å²) in [6.45, 7) is 2.74. The van der Waals surface area contributed by atoms with Crippen molar-refractivity contribution in [1.82, 2.24) is 9.55 Å². The molecule has 1 aliphatic carbocycles. The maximum absolute atomic E-state index is 12.9. The zero-order valence-electron chi connectivity index (χ0n) is 20.0. The lowest BCUT2D eigenvalue weighted by atomic mass is 9.78. The van der Waals surface area contributed by atoms with Gasteiger partial charge in [-0.2, -0.15) is 8.78 Å². The van der Waals surface area contributed by atoms with Crippen molar-refractivity contribution in [3.8, 4) is 5.75 Å². The van der Waals surface area contributed by atoms with Gasteiger partial charge < -0.3 is 14.4 Å². The van der Waals surface area contributed by atoms with Gasteiger partial charge >= 0.3 is 6.61 Å². The molecule has 0 amide bonds. The summed E-state index contributed by atoms with van der Waals surface area (Å²) in [6.07, 6.45) is 4.67. The third-order valence-electron chi connectivity index (χ3n) is 7.07. The molecule has 182 valence electrons.